The van der Waals surface area contributed by atoms with Crippen molar-refractivity contribution in [2.45, 2.75) is 25.7 Å². The molecule has 47 heavy (non-hydrogen) atoms. The maximum atomic E-state index is 2.35. The van der Waals surface area contributed by atoms with Gasteiger partial charge in [0.15, 0.2) is 0 Å². The van der Waals surface area contributed by atoms with E-state index in [1.165, 1.54) is 72.0 Å². The molecule has 0 aliphatic heterocycles. The quantitative estimate of drug-likeness (QED) is 0.164. The van der Waals surface area contributed by atoms with Gasteiger partial charge in [0.25, 0.3) is 0 Å². The van der Waals surface area contributed by atoms with Crippen molar-refractivity contribution in [3.05, 3.63) is 192 Å². The molecule has 0 saturated carbocycles. The molecule has 0 fully saturated rings. The summed E-state index contributed by atoms with van der Waals surface area (Å²) in [5.74, 6) is 0. The molecule has 6 aromatic carbocycles. The predicted molar refractivity (Wildman–Crippen MR) is 203 cm³/mol. The van der Waals surface area contributed by atoms with Crippen molar-refractivity contribution < 1.29 is 0 Å². The second-order valence-electron chi connectivity index (χ2n) is 12.3. The summed E-state index contributed by atoms with van der Waals surface area (Å²) in [5.41, 5.74) is 11.5. The topological polar surface area (TPSA) is 3.24 Å². The maximum Gasteiger partial charge on any atom is 0.0461 e. The number of rotatable bonds is 7. The van der Waals surface area contributed by atoms with Gasteiger partial charge < -0.3 is 4.90 Å². The molecule has 0 aromatic heterocycles. The van der Waals surface area contributed by atoms with Crippen LogP contribution in [0.25, 0.3) is 44.3 Å². The fourth-order valence-electron chi connectivity index (χ4n) is 7.12. The smallest absolute Gasteiger partial charge is 0.0461 e. The average molecular weight is 604 g/mol. The standard InChI is InChI=1S/C46H37N/c1-4-14-36(15-5-1)45-41-20-10-12-22-43(41)46(44-23-13-11-21-42(44)45)37-30-26-34(27-31-37)24-25-35-28-32-40(33-29-35)47(38-16-6-2-7-17-38)39-18-8-3-9-19-39/h1-2,4-8,10-26,28-30,32-33H,3,9,27,31H2/b25-24+. The van der Waals surface area contributed by atoms with Gasteiger partial charge in [0.05, 0.1) is 0 Å². The van der Waals surface area contributed by atoms with E-state index in [0.29, 0.717) is 0 Å². The van der Waals surface area contributed by atoms with Crippen LogP contribution in [0.4, 0.5) is 11.4 Å². The van der Waals surface area contributed by atoms with Gasteiger partial charge in [-0.15, -0.1) is 0 Å². The van der Waals surface area contributed by atoms with Gasteiger partial charge >= 0.3 is 0 Å². The molecule has 0 amide bonds. The van der Waals surface area contributed by atoms with E-state index in [0.717, 1.165) is 25.7 Å². The zero-order valence-corrected chi connectivity index (χ0v) is 26.5. The number of para-hydroxylation sites is 1. The van der Waals surface area contributed by atoms with Crippen LogP contribution in [0.15, 0.2) is 181 Å². The van der Waals surface area contributed by atoms with Crippen LogP contribution in [0.3, 0.4) is 0 Å². The van der Waals surface area contributed by atoms with Crippen LogP contribution >= 0.6 is 0 Å². The van der Waals surface area contributed by atoms with Gasteiger partial charge in [0.2, 0.25) is 0 Å². The second-order valence-corrected chi connectivity index (χ2v) is 12.3. The molecule has 226 valence electrons. The first-order valence-corrected chi connectivity index (χ1v) is 16.7. The average Bonchev–Trinajstić information content (AvgIpc) is 3.15. The van der Waals surface area contributed by atoms with Gasteiger partial charge in [-0.3, -0.25) is 0 Å². The minimum Gasteiger partial charge on any atom is -0.311 e. The molecule has 8 rings (SSSR count). The number of allylic oxidation sites excluding steroid dienone is 8. The number of fused-ring (bicyclic) bond motifs is 2. The molecule has 0 unspecified atom stereocenters. The van der Waals surface area contributed by atoms with E-state index in [9.17, 15) is 0 Å². The monoisotopic (exact) mass is 603 g/mol. The van der Waals surface area contributed by atoms with Gasteiger partial charge in [-0.05, 0) is 111 Å². The molecule has 2 aliphatic carbocycles. The third-order valence-electron chi connectivity index (χ3n) is 9.39. The van der Waals surface area contributed by atoms with Gasteiger partial charge in [0.1, 0.15) is 0 Å². The van der Waals surface area contributed by atoms with Crippen LogP contribution < -0.4 is 4.90 Å². The van der Waals surface area contributed by atoms with E-state index < -0.39 is 0 Å². The number of hydrogen-bond acceptors (Lipinski definition) is 1. The molecule has 6 aromatic rings. The van der Waals surface area contributed by atoms with Crippen molar-refractivity contribution in [1.29, 1.82) is 0 Å². The number of anilines is 2. The zero-order chi connectivity index (χ0) is 31.4. The maximum absolute atomic E-state index is 2.35. The summed E-state index contributed by atoms with van der Waals surface area (Å²) in [6, 6.07) is 48.3. The zero-order valence-electron chi connectivity index (χ0n) is 26.5. The highest BCUT2D eigenvalue weighted by molar-refractivity contribution is 6.18. The van der Waals surface area contributed by atoms with Crippen LogP contribution in [-0.4, -0.2) is 0 Å². The SMILES string of the molecule is C1=CC(N(c2ccccc2)c2ccc(/C=C/C3=CC=C(c4c5ccccc5c(-c5ccccc5)c5ccccc45)CC3)cc2)=CCC1. The van der Waals surface area contributed by atoms with E-state index in [4.69, 9.17) is 0 Å². The highest BCUT2D eigenvalue weighted by atomic mass is 15.1. The Morgan fingerprint density at radius 3 is 1.68 bits per heavy atom. The van der Waals surface area contributed by atoms with Crippen molar-refractivity contribution >= 4 is 44.6 Å². The summed E-state index contributed by atoms with van der Waals surface area (Å²) in [5, 5.41) is 5.28. The molecule has 0 spiro atoms. The second kappa shape index (κ2) is 13.0. The summed E-state index contributed by atoms with van der Waals surface area (Å²) in [6.45, 7) is 0. The first-order chi connectivity index (χ1) is 23.3. The van der Waals surface area contributed by atoms with Gasteiger partial charge in [0, 0.05) is 17.1 Å². The Kier molecular flexibility index (Phi) is 7.95. The van der Waals surface area contributed by atoms with Crippen LogP contribution in [-0.2, 0) is 0 Å². The lowest BCUT2D eigenvalue weighted by molar-refractivity contribution is 0.997. The minimum absolute atomic E-state index is 1.02. The Morgan fingerprint density at radius 2 is 1.09 bits per heavy atom. The van der Waals surface area contributed by atoms with Crippen molar-refractivity contribution in [3.63, 3.8) is 0 Å². The van der Waals surface area contributed by atoms with E-state index in [-0.39, 0.29) is 0 Å². The van der Waals surface area contributed by atoms with Gasteiger partial charge in [-0.25, -0.2) is 0 Å². The summed E-state index contributed by atoms with van der Waals surface area (Å²) >= 11 is 0. The van der Waals surface area contributed by atoms with Crippen LogP contribution in [0.5, 0.6) is 0 Å². The van der Waals surface area contributed by atoms with E-state index in [2.05, 4.69) is 181 Å². The number of hydrogen-bond donors (Lipinski definition) is 0. The molecule has 1 nitrogen and oxygen atoms in total. The summed E-state index contributed by atoms with van der Waals surface area (Å²) in [7, 11) is 0. The summed E-state index contributed by atoms with van der Waals surface area (Å²) in [4.78, 5) is 2.35. The lowest BCUT2D eigenvalue weighted by Gasteiger charge is -2.27. The fourth-order valence-corrected chi connectivity index (χ4v) is 7.12. The predicted octanol–water partition coefficient (Wildman–Crippen LogP) is 12.8. The van der Waals surface area contributed by atoms with Crippen LogP contribution in [0.2, 0.25) is 0 Å². The Balaban J connectivity index is 1.09. The Morgan fingerprint density at radius 1 is 0.489 bits per heavy atom. The molecular formula is C46H37N. The Hall–Kier alpha value is -5.66. The van der Waals surface area contributed by atoms with E-state index >= 15 is 0 Å². The molecule has 2 aliphatic rings. The van der Waals surface area contributed by atoms with Gasteiger partial charge in [-0.1, -0.05) is 146 Å². The van der Waals surface area contributed by atoms with Crippen molar-refractivity contribution in [2.75, 3.05) is 4.90 Å². The largest absolute Gasteiger partial charge is 0.311 e. The number of benzene rings is 6. The molecule has 1 heteroatoms. The molecular weight excluding hydrogens is 567 g/mol. The third-order valence-corrected chi connectivity index (χ3v) is 9.39. The van der Waals surface area contributed by atoms with Crippen molar-refractivity contribution in [1.82, 2.24) is 0 Å². The summed E-state index contributed by atoms with van der Waals surface area (Å²) in [6.07, 6.45) is 20.3. The molecule has 0 heterocycles. The van der Waals surface area contributed by atoms with Crippen LogP contribution in [0.1, 0.15) is 36.8 Å². The fraction of sp³-hybridized carbons (Fsp3) is 0.0870. The first kappa shape index (κ1) is 28.8. The van der Waals surface area contributed by atoms with Gasteiger partial charge in [-0.2, -0.15) is 0 Å². The molecule has 0 radical (unpaired) electrons. The highest BCUT2D eigenvalue weighted by Crippen LogP contribution is 2.43. The van der Waals surface area contributed by atoms with Crippen molar-refractivity contribution in [2.24, 2.45) is 0 Å². The lowest BCUT2D eigenvalue weighted by Crippen LogP contribution is -2.16. The highest BCUT2D eigenvalue weighted by Gasteiger charge is 2.19. The minimum atomic E-state index is 1.02. The van der Waals surface area contributed by atoms with E-state index in [1.807, 2.05) is 0 Å². The number of nitrogens with zero attached hydrogens (tertiary/aromatic N) is 1. The molecule has 0 bridgehead atoms. The Labute approximate surface area is 277 Å². The first-order valence-electron chi connectivity index (χ1n) is 16.7. The molecule has 0 saturated heterocycles. The summed E-state index contributed by atoms with van der Waals surface area (Å²) < 4.78 is 0. The third kappa shape index (κ3) is 5.77. The normalized spacial score (nSPS) is 14.7. The molecule has 0 atom stereocenters. The Bertz CT molecular complexity index is 2150. The lowest BCUT2D eigenvalue weighted by atomic mass is 9.83. The molecule has 0 N–H and O–H groups in total. The van der Waals surface area contributed by atoms with E-state index in [1.54, 1.807) is 0 Å². The van der Waals surface area contributed by atoms with Crippen LogP contribution in [0, 0.1) is 0 Å². The van der Waals surface area contributed by atoms with Crippen molar-refractivity contribution in [3.8, 4) is 11.1 Å².